The number of hydrogen-bond donors (Lipinski definition) is 1. The van der Waals surface area contributed by atoms with Crippen LogP contribution in [0.4, 0.5) is 0 Å². The maximum Gasteiger partial charge on any atom is 0.257 e. The molecule has 1 aromatic heterocycles. The molecule has 2 unspecified atom stereocenters. The number of aromatic nitrogens is 2. The lowest BCUT2D eigenvalue weighted by Gasteiger charge is -2.14. The van der Waals surface area contributed by atoms with Gasteiger partial charge in [0.15, 0.2) is 0 Å². The molecule has 0 saturated carbocycles. The molecular weight excluding hydrogens is 520 g/mol. The number of nitrogens with zero attached hydrogens (tertiary/aromatic N) is 1. The van der Waals surface area contributed by atoms with Crippen LogP contribution in [0, 0.1) is 0 Å². The van der Waals surface area contributed by atoms with Gasteiger partial charge in [-0.05, 0) is 26.2 Å². The van der Waals surface area contributed by atoms with Crippen LogP contribution in [0.1, 0.15) is 251 Å². The molecule has 0 aliphatic carbocycles. The first-order chi connectivity index (χ1) is 21.2. The van der Waals surface area contributed by atoms with Gasteiger partial charge in [-0.15, -0.1) is 0 Å². The highest BCUT2D eigenvalue weighted by Gasteiger charge is 2.22. The first-order valence-corrected chi connectivity index (χ1v) is 20.3. The van der Waals surface area contributed by atoms with Crippen LogP contribution in [0.2, 0.25) is 0 Å². The van der Waals surface area contributed by atoms with E-state index in [1.54, 1.807) is 0 Å². The Balaban J connectivity index is 1.96. The molecule has 0 aromatic carbocycles. The zero-order chi connectivity index (χ0) is 31.1. The van der Waals surface area contributed by atoms with Gasteiger partial charge in [0.05, 0.1) is 12.0 Å². The van der Waals surface area contributed by atoms with Crippen LogP contribution >= 0.6 is 0 Å². The van der Waals surface area contributed by atoms with Gasteiger partial charge in [0.2, 0.25) is 0 Å². The third kappa shape index (κ3) is 24.2. The first-order valence-electron chi connectivity index (χ1n) is 20.3. The summed E-state index contributed by atoms with van der Waals surface area (Å²) >= 11 is 0. The molecule has 2 heteroatoms. The van der Waals surface area contributed by atoms with Crippen molar-refractivity contribution >= 4 is 0 Å². The van der Waals surface area contributed by atoms with E-state index in [4.69, 9.17) is 0 Å². The van der Waals surface area contributed by atoms with Crippen molar-refractivity contribution in [1.82, 2.24) is 4.98 Å². The smallest absolute Gasteiger partial charge is 0.247 e. The molecule has 254 valence electrons. The Kier molecular flexibility index (Phi) is 29.2. The van der Waals surface area contributed by atoms with Gasteiger partial charge in [-0.2, -0.15) is 0 Å². The average molecular weight is 602 g/mol. The van der Waals surface area contributed by atoms with E-state index in [9.17, 15) is 0 Å². The van der Waals surface area contributed by atoms with Crippen LogP contribution in [0.5, 0.6) is 0 Å². The molecule has 0 spiro atoms. The van der Waals surface area contributed by atoms with Gasteiger partial charge in [0, 0.05) is 0 Å². The zero-order valence-electron chi connectivity index (χ0n) is 30.4. The molecule has 1 aromatic rings. The molecular formula is C41H81N2+. The van der Waals surface area contributed by atoms with E-state index in [1.807, 2.05) is 0 Å². The minimum atomic E-state index is 0.617. The van der Waals surface area contributed by atoms with Crippen LogP contribution in [0.15, 0.2) is 12.4 Å². The SMILES string of the molecule is CCCCCCCCCCCCCCCCCCC(C)c1[nH]cc[n+]1C(C)CCCCCCCCCCCCCCCC. The lowest BCUT2D eigenvalue weighted by atomic mass is 9.99. The van der Waals surface area contributed by atoms with Crippen molar-refractivity contribution in [2.45, 2.75) is 245 Å². The Morgan fingerprint density at radius 2 is 0.744 bits per heavy atom. The third-order valence-corrected chi connectivity index (χ3v) is 10.2. The molecule has 0 radical (unpaired) electrons. The van der Waals surface area contributed by atoms with Crippen molar-refractivity contribution in [3.8, 4) is 0 Å². The molecule has 1 N–H and O–H groups in total. The molecule has 1 heterocycles. The normalized spacial score (nSPS) is 13.1. The summed E-state index contributed by atoms with van der Waals surface area (Å²) in [5, 5.41) is 0. The van der Waals surface area contributed by atoms with Crippen LogP contribution in [-0.4, -0.2) is 4.98 Å². The second-order valence-electron chi connectivity index (χ2n) is 14.5. The maximum absolute atomic E-state index is 3.61. The Labute approximate surface area is 272 Å². The van der Waals surface area contributed by atoms with Gasteiger partial charge in [0.1, 0.15) is 12.4 Å². The molecule has 2 nitrogen and oxygen atoms in total. The monoisotopic (exact) mass is 602 g/mol. The topological polar surface area (TPSA) is 19.7 Å². The third-order valence-electron chi connectivity index (χ3n) is 10.2. The standard InChI is InChI=1S/C41H80N2/c1-5-7-9-11-13-15-17-19-21-22-23-25-27-29-31-33-35-39(3)41-42-37-38-43(41)40(4)36-34-32-30-28-26-24-20-18-16-14-12-10-8-6-2/h37-40H,5-36H2,1-4H3/p+1. The molecule has 0 bridgehead atoms. The highest BCUT2D eigenvalue weighted by Crippen LogP contribution is 2.22. The van der Waals surface area contributed by atoms with E-state index in [0.29, 0.717) is 12.0 Å². The number of rotatable bonds is 34. The Bertz CT molecular complexity index is 664. The van der Waals surface area contributed by atoms with Crippen molar-refractivity contribution in [2.75, 3.05) is 0 Å². The number of imidazole rings is 1. The largest absolute Gasteiger partial charge is 0.257 e. The number of hydrogen-bond acceptors (Lipinski definition) is 0. The highest BCUT2D eigenvalue weighted by atomic mass is 15.1. The summed E-state index contributed by atoms with van der Waals surface area (Å²) in [6.45, 7) is 9.48. The lowest BCUT2D eigenvalue weighted by Crippen LogP contribution is -2.40. The summed E-state index contributed by atoms with van der Waals surface area (Å²) in [6.07, 6.45) is 50.5. The van der Waals surface area contributed by atoms with E-state index in [1.165, 1.54) is 211 Å². The molecule has 2 atom stereocenters. The maximum atomic E-state index is 3.61. The van der Waals surface area contributed by atoms with E-state index in [-0.39, 0.29) is 0 Å². The first kappa shape index (κ1) is 40.2. The van der Waals surface area contributed by atoms with Crippen LogP contribution < -0.4 is 4.57 Å². The molecule has 0 fully saturated rings. The molecule has 1 rings (SSSR count). The van der Waals surface area contributed by atoms with Crippen LogP contribution in [0.3, 0.4) is 0 Å². The minimum absolute atomic E-state index is 0.617. The van der Waals surface area contributed by atoms with Crippen molar-refractivity contribution in [1.29, 1.82) is 0 Å². The van der Waals surface area contributed by atoms with Crippen LogP contribution in [0.25, 0.3) is 0 Å². The summed E-state index contributed by atoms with van der Waals surface area (Å²) in [6, 6.07) is 0.617. The Hall–Kier alpha value is -0.790. The van der Waals surface area contributed by atoms with Crippen molar-refractivity contribution < 1.29 is 4.57 Å². The minimum Gasteiger partial charge on any atom is -0.247 e. The predicted octanol–water partition coefficient (Wildman–Crippen LogP) is 14.5. The molecule has 0 aliphatic rings. The second-order valence-corrected chi connectivity index (χ2v) is 14.5. The van der Waals surface area contributed by atoms with Crippen molar-refractivity contribution in [3.63, 3.8) is 0 Å². The molecule has 0 amide bonds. The van der Waals surface area contributed by atoms with Crippen LogP contribution in [-0.2, 0) is 0 Å². The fourth-order valence-electron chi connectivity index (χ4n) is 7.05. The van der Waals surface area contributed by atoms with Gasteiger partial charge in [-0.25, -0.2) is 9.55 Å². The summed E-state index contributed by atoms with van der Waals surface area (Å²) in [5.74, 6) is 2.10. The highest BCUT2D eigenvalue weighted by molar-refractivity contribution is 4.87. The fraction of sp³-hybridized carbons (Fsp3) is 0.927. The van der Waals surface area contributed by atoms with E-state index >= 15 is 0 Å². The summed E-state index contributed by atoms with van der Waals surface area (Å²) in [4.78, 5) is 3.61. The summed E-state index contributed by atoms with van der Waals surface area (Å²) in [7, 11) is 0. The predicted molar refractivity (Wildman–Crippen MR) is 193 cm³/mol. The van der Waals surface area contributed by atoms with E-state index in [0.717, 1.165) is 0 Å². The molecule has 0 saturated heterocycles. The second kappa shape index (κ2) is 31.2. The van der Waals surface area contributed by atoms with E-state index in [2.05, 4.69) is 49.6 Å². The lowest BCUT2D eigenvalue weighted by molar-refractivity contribution is -0.727. The van der Waals surface area contributed by atoms with Gasteiger partial charge in [-0.1, -0.05) is 207 Å². The molecule has 0 aliphatic heterocycles. The number of aromatic amines is 1. The summed E-state index contributed by atoms with van der Waals surface area (Å²) < 4.78 is 2.55. The quantitative estimate of drug-likeness (QED) is 0.0599. The van der Waals surface area contributed by atoms with Gasteiger partial charge < -0.3 is 0 Å². The Morgan fingerprint density at radius 3 is 1.09 bits per heavy atom. The number of unbranched alkanes of at least 4 members (excludes halogenated alkanes) is 28. The molecule has 43 heavy (non-hydrogen) atoms. The van der Waals surface area contributed by atoms with Crippen molar-refractivity contribution in [2.24, 2.45) is 0 Å². The Morgan fingerprint density at radius 1 is 0.442 bits per heavy atom. The van der Waals surface area contributed by atoms with Gasteiger partial charge in [0.25, 0.3) is 5.82 Å². The summed E-state index contributed by atoms with van der Waals surface area (Å²) in [5.41, 5.74) is 0. The van der Waals surface area contributed by atoms with Gasteiger partial charge >= 0.3 is 0 Å². The van der Waals surface area contributed by atoms with E-state index < -0.39 is 0 Å². The fourth-order valence-corrected chi connectivity index (χ4v) is 7.05. The van der Waals surface area contributed by atoms with Crippen molar-refractivity contribution in [3.05, 3.63) is 18.2 Å². The number of H-pyrrole nitrogens is 1. The zero-order valence-corrected chi connectivity index (χ0v) is 30.4. The number of nitrogens with one attached hydrogen (secondary N) is 1. The van der Waals surface area contributed by atoms with Gasteiger partial charge in [-0.3, -0.25) is 0 Å². The average Bonchev–Trinajstić information content (AvgIpc) is 3.51.